The quantitative estimate of drug-likeness (QED) is 0.407. The van der Waals surface area contributed by atoms with Crippen LogP contribution >= 0.6 is 27.3 Å². The number of nitrogens with one attached hydrogen (secondary N) is 2. The fraction of sp³-hybridized carbons (Fsp3) is 0.105. The molecular weight excluding hydrogens is 474 g/mol. The summed E-state index contributed by atoms with van der Waals surface area (Å²) in [6, 6.07) is 12.3. The van der Waals surface area contributed by atoms with E-state index in [0.29, 0.717) is 27.2 Å². The minimum Gasteiger partial charge on any atom is -0.454 e. The van der Waals surface area contributed by atoms with Crippen LogP contribution in [0.25, 0.3) is 0 Å². The van der Waals surface area contributed by atoms with Gasteiger partial charge < -0.3 is 9.47 Å². The number of amides is 2. The lowest BCUT2D eigenvalue weighted by Gasteiger charge is -2.01. The van der Waals surface area contributed by atoms with Crippen molar-refractivity contribution in [3.63, 3.8) is 0 Å². The van der Waals surface area contributed by atoms with E-state index in [1.807, 2.05) is 6.07 Å². The molecule has 11 heteroatoms. The summed E-state index contributed by atoms with van der Waals surface area (Å²) < 4.78 is 11.4. The molecule has 0 aliphatic carbocycles. The molecule has 0 unspecified atom stereocenters. The Hall–Kier alpha value is -3.31. The fourth-order valence-corrected chi connectivity index (χ4v) is 3.68. The second-order valence-corrected chi connectivity index (χ2v) is 7.93. The van der Waals surface area contributed by atoms with Crippen molar-refractivity contribution in [1.82, 2.24) is 15.6 Å². The Bertz CT molecular complexity index is 1120. The zero-order chi connectivity index (χ0) is 20.9. The lowest BCUT2D eigenvalue weighted by Crippen LogP contribution is -2.19. The van der Waals surface area contributed by atoms with Crippen molar-refractivity contribution in [1.29, 1.82) is 0 Å². The zero-order valence-corrected chi connectivity index (χ0v) is 17.7. The maximum absolute atomic E-state index is 12.1. The van der Waals surface area contributed by atoms with E-state index in [0.717, 1.165) is 21.4 Å². The molecule has 2 amide bonds. The molecule has 0 bridgehead atoms. The molecule has 0 atom stereocenters. The van der Waals surface area contributed by atoms with Gasteiger partial charge in [0.05, 0.1) is 12.6 Å². The fourth-order valence-electron chi connectivity index (χ4n) is 2.52. The molecule has 2 heterocycles. The van der Waals surface area contributed by atoms with Gasteiger partial charge in [0.25, 0.3) is 5.91 Å². The Labute approximate surface area is 183 Å². The molecule has 2 aromatic carbocycles. The SMILES string of the molecule is O=C(Cc1nnc(NC(=O)c2ccccc2)s1)N/N=C\c1cc2c(cc1Br)OCO2. The van der Waals surface area contributed by atoms with Crippen LogP contribution in [0.1, 0.15) is 20.9 Å². The highest BCUT2D eigenvalue weighted by Crippen LogP contribution is 2.36. The third-order valence-corrected chi connectivity index (χ3v) is 5.45. The van der Waals surface area contributed by atoms with Crippen molar-refractivity contribution < 1.29 is 19.1 Å². The number of fused-ring (bicyclic) bond motifs is 1. The van der Waals surface area contributed by atoms with Crippen molar-refractivity contribution in [3.8, 4) is 11.5 Å². The molecule has 9 nitrogen and oxygen atoms in total. The van der Waals surface area contributed by atoms with Crippen LogP contribution < -0.4 is 20.2 Å². The molecule has 4 rings (SSSR count). The Morgan fingerprint density at radius 2 is 1.93 bits per heavy atom. The van der Waals surface area contributed by atoms with E-state index in [1.54, 1.807) is 36.4 Å². The number of ether oxygens (including phenoxy) is 2. The predicted octanol–water partition coefficient (Wildman–Crippen LogP) is 2.97. The molecule has 0 radical (unpaired) electrons. The first-order valence-corrected chi connectivity index (χ1v) is 10.3. The summed E-state index contributed by atoms with van der Waals surface area (Å²) in [5.74, 6) is 0.612. The molecule has 152 valence electrons. The smallest absolute Gasteiger partial charge is 0.257 e. The molecular formula is C19H14BrN5O4S. The third-order valence-electron chi connectivity index (χ3n) is 3.92. The maximum atomic E-state index is 12.1. The Morgan fingerprint density at radius 1 is 1.17 bits per heavy atom. The topological polar surface area (TPSA) is 115 Å². The number of rotatable bonds is 6. The average Bonchev–Trinajstić information content (AvgIpc) is 3.37. The summed E-state index contributed by atoms with van der Waals surface area (Å²) in [5, 5.41) is 15.2. The van der Waals surface area contributed by atoms with Crippen LogP contribution in [-0.2, 0) is 11.2 Å². The van der Waals surface area contributed by atoms with E-state index in [-0.39, 0.29) is 25.0 Å². The number of hydrogen-bond acceptors (Lipinski definition) is 8. The highest BCUT2D eigenvalue weighted by molar-refractivity contribution is 9.10. The Morgan fingerprint density at radius 3 is 2.73 bits per heavy atom. The lowest BCUT2D eigenvalue weighted by atomic mass is 10.2. The number of hydrogen-bond donors (Lipinski definition) is 2. The summed E-state index contributed by atoms with van der Waals surface area (Å²) in [5.41, 5.74) is 3.67. The van der Waals surface area contributed by atoms with Crippen LogP contribution in [0.3, 0.4) is 0 Å². The van der Waals surface area contributed by atoms with Gasteiger partial charge in [-0.15, -0.1) is 10.2 Å². The van der Waals surface area contributed by atoms with E-state index in [9.17, 15) is 9.59 Å². The van der Waals surface area contributed by atoms with Gasteiger partial charge in [-0.05, 0) is 40.2 Å². The summed E-state index contributed by atoms with van der Waals surface area (Å²) in [6.07, 6.45) is 1.48. The molecule has 3 aromatic rings. The van der Waals surface area contributed by atoms with Gasteiger partial charge in [0.15, 0.2) is 11.5 Å². The molecule has 0 fully saturated rings. The van der Waals surface area contributed by atoms with Crippen molar-refractivity contribution in [2.45, 2.75) is 6.42 Å². The number of aromatic nitrogens is 2. The highest BCUT2D eigenvalue weighted by atomic mass is 79.9. The Kier molecular flexibility index (Phi) is 6.00. The summed E-state index contributed by atoms with van der Waals surface area (Å²) in [6.45, 7) is 0.175. The summed E-state index contributed by atoms with van der Waals surface area (Å²) >= 11 is 4.54. The number of carbonyl (C=O) groups excluding carboxylic acids is 2. The third kappa shape index (κ3) is 4.81. The van der Waals surface area contributed by atoms with Gasteiger partial charge in [-0.1, -0.05) is 29.5 Å². The van der Waals surface area contributed by atoms with Crippen molar-refractivity contribution in [2.75, 3.05) is 12.1 Å². The molecule has 0 saturated carbocycles. The van der Waals surface area contributed by atoms with Crippen molar-refractivity contribution >= 4 is 50.4 Å². The monoisotopic (exact) mass is 487 g/mol. The van der Waals surface area contributed by atoms with Gasteiger partial charge in [-0.25, -0.2) is 5.43 Å². The summed E-state index contributed by atoms with van der Waals surface area (Å²) in [7, 11) is 0. The van der Waals surface area contributed by atoms with Gasteiger partial charge in [0.2, 0.25) is 17.8 Å². The average molecular weight is 488 g/mol. The molecule has 30 heavy (non-hydrogen) atoms. The minimum absolute atomic E-state index is 0.0154. The van der Waals surface area contributed by atoms with Crippen LogP contribution in [0.5, 0.6) is 11.5 Å². The molecule has 1 aromatic heterocycles. The van der Waals surface area contributed by atoms with E-state index in [4.69, 9.17) is 9.47 Å². The molecule has 2 N–H and O–H groups in total. The first-order chi connectivity index (χ1) is 14.6. The van der Waals surface area contributed by atoms with Crippen LogP contribution in [0, 0.1) is 0 Å². The first kappa shape index (κ1) is 20.0. The number of hydrazone groups is 1. The number of halogens is 1. The van der Waals surface area contributed by atoms with Crippen molar-refractivity contribution in [3.05, 3.63) is 63.1 Å². The van der Waals surface area contributed by atoms with Gasteiger partial charge in [0, 0.05) is 15.6 Å². The van der Waals surface area contributed by atoms with Crippen molar-refractivity contribution in [2.24, 2.45) is 5.10 Å². The van der Waals surface area contributed by atoms with Gasteiger partial charge in [-0.2, -0.15) is 5.10 Å². The molecule has 0 saturated heterocycles. The number of benzene rings is 2. The van der Waals surface area contributed by atoms with E-state index >= 15 is 0 Å². The van der Waals surface area contributed by atoms with E-state index in [1.165, 1.54) is 6.21 Å². The first-order valence-electron chi connectivity index (χ1n) is 8.68. The molecule has 1 aliphatic heterocycles. The molecule has 0 spiro atoms. The summed E-state index contributed by atoms with van der Waals surface area (Å²) in [4.78, 5) is 24.2. The lowest BCUT2D eigenvalue weighted by molar-refractivity contribution is -0.120. The predicted molar refractivity (Wildman–Crippen MR) is 114 cm³/mol. The van der Waals surface area contributed by atoms with Crippen LogP contribution in [-0.4, -0.2) is 35.0 Å². The van der Waals surface area contributed by atoms with Gasteiger partial charge >= 0.3 is 0 Å². The number of anilines is 1. The van der Waals surface area contributed by atoms with E-state index in [2.05, 4.69) is 42.0 Å². The Balaban J connectivity index is 1.31. The minimum atomic E-state index is -0.361. The molecule has 1 aliphatic rings. The number of carbonyl (C=O) groups is 2. The largest absolute Gasteiger partial charge is 0.454 e. The zero-order valence-electron chi connectivity index (χ0n) is 15.3. The standard InChI is InChI=1S/C19H14BrN5O4S/c20-13-7-15-14(28-10-29-15)6-12(13)9-21-23-16(26)8-17-24-25-19(30-17)22-18(27)11-4-2-1-3-5-11/h1-7,9H,8,10H2,(H,23,26)(H,22,25,27)/b21-9-. The highest BCUT2D eigenvalue weighted by Gasteiger charge is 2.16. The number of nitrogens with zero attached hydrogens (tertiary/aromatic N) is 3. The maximum Gasteiger partial charge on any atom is 0.257 e. The second kappa shape index (κ2) is 9.01. The van der Waals surface area contributed by atoms with Crippen LogP contribution in [0.4, 0.5) is 5.13 Å². The second-order valence-electron chi connectivity index (χ2n) is 6.02. The van der Waals surface area contributed by atoms with E-state index < -0.39 is 0 Å². The van der Waals surface area contributed by atoms with Crippen LogP contribution in [0.2, 0.25) is 0 Å². The van der Waals surface area contributed by atoms with Gasteiger partial charge in [-0.3, -0.25) is 14.9 Å². The van der Waals surface area contributed by atoms with Crippen LogP contribution in [0.15, 0.2) is 52.0 Å². The normalized spacial score (nSPS) is 12.2. The van der Waals surface area contributed by atoms with Gasteiger partial charge in [0.1, 0.15) is 5.01 Å².